The van der Waals surface area contributed by atoms with Gasteiger partial charge in [0.2, 0.25) is 0 Å². The molecule has 0 radical (unpaired) electrons. The molecule has 1 aliphatic heterocycles. The van der Waals surface area contributed by atoms with E-state index in [9.17, 15) is 0 Å². The first-order chi connectivity index (χ1) is 5.18. The molecular weight excluding hydrogens is 138 g/mol. The third-order valence-corrected chi connectivity index (χ3v) is 1.41. The van der Waals surface area contributed by atoms with E-state index >= 15 is 0 Å². The van der Waals surface area contributed by atoms with Gasteiger partial charge in [-0.05, 0) is 26.8 Å². The largest absolute Gasteiger partial charge is 0.490 e. The van der Waals surface area contributed by atoms with E-state index in [1.165, 1.54) is 0 Å². The van der Waals surface area contributed by atoms with Crippen LogP contribution in [0.2, 0.25) is 0 Å². The fourth-order valence-corrected chi connectivity index (χ4v) is 0.902. The molecule has 0 amide bonds. The van der Waals surface area contributed by atoms with Gasteiger partial charge in [0, 0.05) is 12.2 Å². The lowest BCUT2D eigenvalue weighted by Crippen LogP contribution is -2.22. The highest BCUT2D eigenvalue weighted by atomic mass is 16.5. The first-order valence-corrected chi connectivity index (χ1v) is 3.99. The second-order valence-electron chi connectivity index (χ2n) is 3.03. The van der Waals surface area contributed by atoms with Crippen molar-refractivity contribution in [1.29, 1.82) is 0 Å². The zero-order chi connectivity index (χ0) is 8.27. The Kier molecular flexibility index (Phi) is 2.58. The van der Waals surface area contributed by atoms with Crippen molar-refractivity contribution in [3.63, 3.8) is 0 Å². The molecule has 1 aliphatic rings. The Balaban J connectivity index is 2.43. The average Bonchev–Trinajstić information content (AvgIpc) is 1.93. The number of dihydropyridines is 1. The molecule has 1 heterocycles. The fraction of sp³-hybridized carbons (Fsp3) is 0.556. The van der Waals surface area contributed by atoms with Crippen molar-refractivity contribution >= 4 is 0 Å². The normalized spacial score (nSPS) is 22.9. The van der Waals surface area contributed by atoms with Gasteiger partial charge in [0.25, 0.3) is 0 Å². The van der Waals surface area contributed by atoms with Crippen LogP contribution in [0.15, 0.2) is 24.1 Å². The Morgan fingerprint density at radius 2 is 2.27 bits per heavy atom. The summed E-state index contributed by atoms with van der Waals surface area (Å²) >= 11 is 0. The predicted octanol–water partition coefficient (Wildman–Crippen LogP) is 1.80. The predicted molar refractivity (Wildman–Crippen MR) is 46.0 cm³/mol. The molecule has 0 saturated carbocycles. The number of rotatable bonds is 2. The lowest BCUT2D eigenvalue weighted by molar-refractivity contribution is 0.155. The quantitative estimate of drug-likeness (QED) is 0.653. The number of allylic oxidation sites excluding steroid dienone is 1. The summed E-state index contributed by atoms with van der Waals surface area (Å²) in [5.41, 5.74) is 0. The summed E-state index contributed by atoms with van der Waals surface area (Å²) in [5.74, 6) is 0.915. The van der Waals surface area contributed by atoms with Gasteiger partial charge < -0.3 is 10.1 Å². The van der Waals surface area contributed by atoms with Gasteiger partial charge in [0.15, 0.2) is 0 Å². The van der Waals surface area contributed by atoms with Crippen LogP contribution in [0.1, 0.15) is 20.8 Å². The molecular formula is C9H15NO. The summed E-state index contributed by atoms with van der Waals surface area (Å²) in [6.07, 6.45) is 6.24. The van der Waals surface area contributed by atoms with Crippen molar-refractivity contribution in [3.05, 3.63) is 24.1 Å². The Morgan fingerprint density at radius 1 is 1.55 bits per heavy atom. The molecule has 1 atom stereocenters. The molecule has 0 aromatic rings. The summed E-state index contributed by atoms with van der Waals surface area (Å²) in [6.45, 7) is 6.14. The molecule has 0 aliphatic carbocycles. The van der Waals surface area contributed by atoms with Crippen LogP contribution < -0.4 is 5.32 Å². The standard InChI is InChI=1S/C9H15NO/c1-7(2)11-9-5-4-8(3)10-6-9/h4-8,10H,1-3H3. The van der Waals surface area contributed by atoms with E-state index < -0.39 is 0 Å². The van der Waals surface area contributed by atoms with Crippen molar-refractivity contribution in [2.45, 2.75) is 32.9 Å². The van der Waals surface area contributed by atoms with Gasteiger partial charge in [0.1, 0.15) is 5.76 Å². The van der Waals surface area contributed by atoms with Crippen molar-refractivity contribution < 1.29 is 4.74 Å². The number of hydrogen-bond acceptors (Lipinski definition) is 2. The summed E-state index contributed by atoms with van der Waals surface area (Å²) in [5, 5.41) is 3.16. The first kappa shape index (κ1) is 8.18. The zero-order valence-corrected chi connectivity index (χ0v) is 7.29. The summed E-state index contributed by atoms with van der Waals surface area (Å²) in [6, 6.07) is 0.425. The van der Waals surface area contributed by atoms with E-state index in [1.807, 2.05) is 26.1 Å². The highest BCUT2D eigenvalue weighted by Crippen LogP contribution is 2.07. The number of hydrogen-bond donors (Lipinski definition) is 1. The molecule has 0 bridgehead atoms. The molecule has 0 aromatic carbocycles. The number of ether oxygens (including phenoxy) is 1. The minimum atomic E-state index is 0.251. The Morgan fingerprint density at radius 3 is 2.73 bits per heavy atom. The summed E-state index contributed by atoms with van der Waals surface area (Å²) in [7, 11) is 0. The van der Waals surface area contributed by atoms with Gasteiger partial charge in [0.05, 0.1) is 6.10 Å². The molecule has 62 valence electrons. The highest BCUT2D eigenvalue weighted by molar-refractivity contribution is 5.18. The van der Waals surface area contributed by atoms with Crippen molar-refractivity contribution in [3.8, 4) is 0 Å². The molecule has 11 heavy (non-hydrogen) atoms. The maximum atomic E-state index is 5.45. The van der Waals surface area contributed by atoms with Crippen LogP contribution in [0.5, 0.6) is 0 Å². The minimum Gasteiger partial charge on any atom is -0.490 e. The molecule has 0 fully saturated rings. The van der Waals surface area contributed by atoms with Crippen molar-refractivity contribution in [1.82, 2.24) is 5.32 Å². The highest BCUT2D eigenvalue weighted by Gasteiger charge is 2.03. The van der Waals surface area contributed by atoms with Crippen molar-refractivity contribution in [2.24, 2.45) is 0 Å². The van der Waals surface area contributed by atoms with E-state index in [-0.39, 0.29) is 6.10 Å². The molecule has 2 nitrogen and oxygen atoms in total. The van der Waals surface area contributed by atoms with E-state index in [2.05, 4.69) is 18.3 Å². The van der Waals surface area contributed by atoms with Crippen LogP contribution >= 0.6 is 0 Å². The van der Waals surface area contributed by atoms with Crippen LogP contribution in [-0.4, -0.2) is 12.1 Å². The zero-order valence-electron chi connectivity index (χ0n) is 7.29. The SMILES string of the molecule is CC1C=CC(OC(C)C)=CN1. The molecule has 1 rings (SSSR count). The van der Waals surface area contributed by atoms with Crippen LogP contribution in [0.25, 0.3) is 0 Å². The van der Waals surface area contributed by atoms with Crippen molar-refractivity contribution in [2.75, 3.05) is 0 Å². The van der Waals surface area contributed by atoms with Crippen LogP contribution in [0, 0.1) is 0 Å². The topological polar surface area (TPSA) is 21.3 Å². The minimum absolute atomic E-state index is 0.251. The van der Waals surface area contributed by atoms with E-state index in [0.717, 1.165) is 5.76 Å². The molecule has 1 unspecified atom stereocenters. The van der Waals surface area contributed by atoms with Gasteiger partial charge in [-0.3, -0.25) is 0 Å². The fourth-order valence-electron chi connectivity index (χ4n) is 0.902. The number of nitrogens with one attached hydrogen (secondary N) is 1. The van der Waals surface area contributed by atoms with E-state index in [0.29, 0.717) is 6.04 Å². The maximum absolute atomic E-state index is 5.45. The summed E-state index contributed by atoms with van der Waals surface area (Å²) in [4.78, 5) is 0. The van der Waals surface area contributed by atoms with E-state index in [4.69, 9.17) is 4.74 Å². The van der Waals surface area contributed by atoms with Gasteiger partial charge >= 0.3 is 0 Å². The smallest absolute Gasteiger partial charge is 0.135 e. The molecule has 1 N–H and O–H groups in total. The van der Waals surface area contributed by atoms with Gasteiger partial charge in [-0.1, -0.05) is 6.08 Å². The average molecular weight is 153 g/mol. The van der Waals surface area contributed by atoms with Crippen LogP contribution in [-0.2, 0) is 4.74 Å². The van der Waals surface area contributed by atoms with E-state index in [1.54, 1.807) is 0 Å². The van der Waals surface area contributed by atoms with Gasteiger partial charge in [-0.25, -0.2) is 0 Å². The Labute approximate surface area is 67.9 Å². The van der Waals surface area contributed by atoms with Crippen LogP contribution in [0.4, 0.5) is 0 Å². The second kappa shape index (κ2) is 3.46. The van der Waals surface area contributed by atoms with Gasteiger partial charge in [-0.2, -0.15) is 0 Å². The summed E-state index contributed by atoms with van der Waals surface area (Å²) < 4.78 is 5.45. The molecule has 0 spiro atoms. The van der Waals surface area contributed by atoms with Gasteiger partial charge in [-0.15, -0.1) is 0 Å². The maximum Gasteiger partial charge on any atom is 0.135 e. The third-order valence-electron chi connectivity index (χ3n) is 1.41. The monoisotopic (exact) mass is 153 g/mol. The Bertz CT molecular complexity index is 182. The third kappa shape index (κ3) is 2.66. The lowest BCUT2D eigenvalue weighted by Gasteiger charge is -2.16. The van der Waals surface area contributed by atoms with Crippen LogP contribution in [0.3, 0.4) is 0 Å². The molecule has 2 heteroatoms. The molecule has 0 saturated heterocycles. The second-order valence-corrected chi connectivity index (χ2v) is 3.03. The Hall–Kier alpha value is -0.920. The molecule has 0 aromatic heterocycles. The first-order valence-electron chi connectivity index (χ1n) is 3.99. The lowest BCUT2D eigenvalue weighted by atomic mass is 10.2.